The van der Waals surface area contributed by atoms with Crippen molar-refractivity contribution in [3.63, 3.8) is 0 Å². The second-order valence-electron chi connectivity index (χ2n) is 6.14. The van der Waals surface area contributed by atoms with Gasteiger partial charge in [0.05, 0.1) is 12.6 Å². The number of para-hydroxylation sites is 3. The van der Waals surface area contributed by atoms with Crippen LogP contribution in [-0.2, 0) is 0 Å². The first kappa shape index (κ1) is 18.9. The van der Waals surface area contributed by atoms with E-state index in [1.807, 2.05) is 91.0 Å². The third kappa shape index (κ3) is 5.81. The number of anilines is 3. The van der Waals surface area contributed by atoms with Crippen LogP contribution in [0.2, 0.25) is 0 Å². The Labute approximate surface area is 165 Å². The largest absolute Gasteiger partial charge is 0.389 e. The fraction of sp³-hybridized carbons (Fsp3) is 0.136. The van der Waals surface area contributed by atoms with E-state index in [9.17, 15) is 5.11 Å². The van der Waals surface area contributed by atoms with Gasteiger partial charge in [0.1, 0.15) is 0 Å². The van der Waals surface area contributed by atoms with E-state index in [1.54, 1.807) is 0 Å². The monoisotopic (exact) mass is 377 g/mol. The Morgan fingerprint density at radius 1 is 0.815 bits per heavy atom. The van der Waals surface area contributed by atoms with Crippen LogP contribution in [0.5, 0.6) is 0 Å². The van der Waals surface area contributed by atoms with E-state index in [1.165, 1.54) is 0 Å². The highest BCUT2D eigenvalue weighted by Crippen LogP contribution is 2.24. The summed E-state index contributed by atoms with van der Waals surface area (Å²) in [6.07, 6.45) is -0.596. The number of nitrogens with one attached hydrogen (secondary N) is 2. The molecular formula is C22H23N3OS. The lowest BCUT2D eigenvalue weighted by atomic mass is 10.2. The van der Waals surface area contributed by atoms with Crippen molar-refractivity contribution >= 4 is 34.4 Å². The van der Waals surface area contributed by atoms with E-state index >= 15 is 0 Å². The van der Waals surface area contributed by atoms with Crippen LogP contribution in [0.25, 0.3) is 0 Å². The third-order valence-electron chi connectivity index (χ3n) is 4.06. The molecule has 3 aromatic rings. The van der Waals surface area contributed by atoms with Crippen LogP contribution in [0, 0.1) is 0 Å². The zero-order valence-corrected chi connectivity index (χ0v) is 15.8. The van der Waals surface area contributed by atoms with E-state index in [0.717, 1.165) is 17.1 Å². The molecule has 4 nitrogen and oxygen atoms in total. The van der Waals surface area contributed by atoms with Crippen LogP contribution in [0.15, 0.2) is 91.0 Å². The highest BCUT2D eigenvalue weighted by Gasteiger charge is 2.14. The third-order valence-corrected chi connectivity index (χ3v) is 4.31. The zero-order valence-electron chi connectivity index (χ0n) is 15.0. The Morgan fingerprint density at radius 2 is 1.30 bits per heavy atom. The fourth-order valence-corrected chi connectivity index (χ4v) is 2.96. The minimum Gasteiger partial charge on any atom is -0.389 e. The minimum absolute atomic E-state index is 0.356. The molecule has 0 aliphatic heterocycles. The lowest BCUT2D eigenvalue weighted by Gasteiger charge is -2.28. The van der Waals surface area contributed by atoms with Crippen molar-refractivity contribution in [2.24, 2.45) is 0 Å². The molecule has 0 saturated carbocycles. The molecular weight excluding hydrogens is 354 g/mol. The van der Waals surface area contributed by atoms with Crippen LogP contribution in [0.3, 0.4) is 0 Å². The van der Waals surface area contributed by atoms with Gasteiger partial charge in [0, 0.05) is 23.6 Å². The standard InChI is InChI=1S/C22H23N3OS/c26-21(16-23-22(27)24-18-10-4-1-5-11-18)17-25(19-12-6-2-7-13-19)20-14-8-3-9-15-20/h1-15,21,26H,16-17H2,(H2,23,24,27). The molecule has 0 spiro atoms. The van der Waals surface area contributed by atoms with Gasteiger partial charge >= 0.3 is 0 Å². The van der Waals surface area contributed by atoms with Crippen molar-refractivity contribution in [2.75, 3.05) is 23.3 Å². The van der Waals surface area contributed by atoms with Crippen molar-refractivity contribution < 1.29 is 5.11 Å². The summed E-state index contributed by atoms with van der Waals surface area (Å²) in [7, 11) is 0. The first-order valence-corrected chi connectivity index (χ1v) is 9.29. The molecule has 0 radical (unpaired) electrons. The number of hydrogen-bond acceptors (Lipinski definition) is 3. The van der Waals surface area contributed by atoms with Crippen LogP contribution < -0.4 is 15.5 Å². The van der Waals surface area contributed by atoms with E-state index in [0.29, 0.717) is 18.2 Å². The van der Waals surface area contributed by atoms with Gasteiger partial charge < -0.3 is 20.6 Å². The van der Waals surface area contributed by atoms with Gasteiger partial charge in [0.2, 0.25) is 0 Å². The summed E-state index contributed by atoms with van der Waals surface area (Å²) in [6, 6.07) is 29.8. The molecule has 3 aromatic carbocycles. The van der Waals surface area contributed by atoms with Crippen LogP contribution in [0.1, 0.15) is 0 Å². The summed E-state index contributed by atoms with van der Waals surface area (Å²) < 4.78 is 0. The molecule has 27 heavy (non-hydrogen) atoms. The van der Waals surface area contributed by atoms with Gasteiger partial charge in [-0.2, -0.15) is 0 Å². The van der Waals surface area contributed by atoms with Gasteiger partial charge in [-0.25, -0.2) is 0 Å². The van der Waals surface area contributed by atoms with E-state index in [-0.39, 0.29) is 0 Å². The number of aliphatic hydroxyl groups is 1. The van der Waals surface area contributed by atoms with E-state index < -0.39 is 6.10 Å². The average molecular weight is 378 g/mol. The number of thiocarbonyl (C=S) groups is 1. The summed E-state index contributed by atoms with van der Waals surface area (Å²) in [5.41, 5.74) is 2.99. The Balaban J connectivity index is 1.59. The van der Waals surface area contributed by atoms with Crippen LogP contribution >= 0.6 is 12.2 Å². The Morgan fingerprint density at radius 3 is 1.81 bits per heavy atom. The maximum Gasteiger partial charge on any atom is 0.170 e. The van der Waals surface area contributed by atoms with Crippen molar-refractivity contribution in [3.8, 4) is 0 Å². The lowest BCUT2D eigenvalue weighted by Crippen LogP contribution is -2.40. The SMILES string of the molecule is OC(CNC(=S)Nc1ccccc1)CN(c1ccccc1)c1ccccc1. The number of nitrogens with zero attached hydrogens (tertiary/aromatic N) is 1. The summed E-state index contributed by atoms with van der Waals surface area (Å²) in [5, 5.41) is 17.2. The molecule has 0 aliphatic rings. The Kier molecular flexibility index (Phi) is 6.79. The van der Waals surface area contributed by atoms with Crippen molar-refractivity contribution in [3.05, 3.63) is 91.0 Å². The van der Waals surface area contributed by atoms with Crippen molar-refractivity contribution in [1.82, 2.24) is 5.32 Å². The molecule has 1 atom stereocenters. The number of aliphatic hydroxyl groups excluding tert-OH is 1. The minimum atomic E-state index is -0.596. The molecule has 0 saturated heterocycles. The molecule has 138 valence electrons. The average Bonchev–Trinajstić information content (AvgIpc) is 2.72. The van der Waals surface area contributed by atoms with Gasteiger partial charge in [0.15, 0.2) is 5.11 Å². The zero-order chi connectivity index (χ0) is 18.9. The lowest BCUT2D eigenvalue weighted by molar-refractivity contribution is 0.186. The van der Waals surface area contributed by atoms with Gasteiger partial charge in [-0.1, -0.05) is 54.6 Å². The number of rotatable bonds is 7. The normalized spacial score (nSPS) is 11.4. The predicted molar refractivity (Wildman–Crippen MR) is 117 cm³/mol. The Bertz CT molecular complexity index is 788. The second kappa shape index (κ2) is 9.71. The summed E-state index contributed by atoms with van der Waals surface area (Å²) in [6.45, 7) is 0.809. The summed E-state index contributed by atoms with van der Waals surface area (Å²) in [5.74, 6) is 0. The van der Waals surface area contributed by atoms with Crippen LogP contribution in [0.4, 0.5) is 17.1 Å². The van der Waals surface area contributed by atoms with Gasteiger partial charge in [-0.3, -0.25) is 0 Å². The molecule has 1 unspecified atom stereocenters. The summed E-state index contributed by atoms with van der Waals surface area (Å²) >= 11 is 5.31. The molecule has 0 bridgehead atoms. The van der Waals surface area contributed by atoms with Crippen molar-refractivity contribution in [2.45, 2.75) is 6.10 Å². The molecule has 3 rings (SSSR count). The van der Waals surface area contributed by atoms with Crippen molar-refractivity contribution in [1.29, 1.82) is 0 Å². The quantitative estimate of drug-likeness (QED) is 0.540. The van der Waals surface area contributed by atoms with Gasteiger partial charge in [0.25, 0.3) is 0 Å². The fourth-order valence-electron chi connectivity index (χ4n) is 2.76. The first-order valence-electron chi connectivity index (χ1n) is 8.88. The molecule has 3 N–H and O–H groups in total. The summed E-state index contributed by atoms with van der Waals surface area (Å²) in [4.78, 5) is 2.10. The number of hydrogen-bond donors (Lipinski definition) is 3. The molecule has 0 aromatic heterocycles. The highest BCUT2D eigenvalue weighted by atomic mass is 32.1. The molecule has 0 amide bonds. The molecule has 0 fully saturated rings. The van der Waals surface area contributed by atoms with Gasteiger partial charge in [-0.05, 0) is 48.6 Å². The van der Waals surface area contributed by atoms with E-state index in [2.05, 4.69) is 15.5 Å². The number of benzene rings is 3. The molecule has 5 heteroatoms. The molecule has 0 heterocycles. The van der Waals surface area contributed by atoms with Gasteiger partial charge in [-0.15, -0.1) is 0 Å². The maximum absolute atomic E-state index is 10.6. The highest BCUT2D eigenvalue weighted by molar-refractivity contribution is 7.80. The Hall–Kier alpha value is -2.89. The first-order chi connectivity index (χ1) is 13.2. The maximum atomic E-state index is 10.6. The molecule has 0 aliphatic carbocycles. The predicted octanol–water partition coefficient (Wildman–Crippen LogP) is 4.17. The van der Waals surface area contributed by atoms with Crippen LogP contribution in [-0.4, -0.2) is 29.4 Å². The topological polar surface area (TPSA) is 47.5 Å². The smallest absolute Gasteiger partial charge is 0.170 e. The second-order valence-corrected chi connectivity index (χ2v) is 6.54. The van der Waals surface area contributed by atoms with E-state index in [4.69, 9.17) is 12.2 Å².